The topological polar surface area (TPSA) is 106 Å². The molecule has 2 atom stereocenters. The number of nitro groups is 1. The molecule has 1 aliphatic carbocycles. The van der Waals surface area contributed by atoms with Gasteiger partial charge in [0, 0.05) is 42.2 Å². The number of rotatable bonds is 4. The monoisotopic (exact) mass is 457 g/mol. The van der Waals surface area contributed by atoms with Crippen LogP contribution < -0.4 is 10.2 Å². The van der Waals surface area contributed by atoms with Crippen molar-refractivity contribution < 1.29 is 18.9 Å². The fourth-order valence-electron chi connectivity index (χ4n) is 4.88. The number of allylic oxidation sites excluding steroid dienone is 1. The van der Waals surface area contributed by atoms with Crippen molar-refractivity contribution in [2.45, 2.75) is 38.1 Å². The fraction of sp³-hybridized carbons (Fsp3) is 0.231. The first-order chi connectivity index (χ1) is 16.5. The number of carbonyl (C=O) groups is 2. The van der Waals surface area contributed by atoms with Crippen molar-refractivity contribution in [2.75, 3.05) is 10.2 Å². The lowest BCUT2D eigenvalue weighted by Gasteiger charge is -2.34. The molecule has 1 N–H and O–H groups in total. The number of fused-ring (bicyclic) bond motifs is 1. The van der Waals surface area contributed by atoms with E-state index in [9.17, 15) is 19.7 Å². The zero-order chi connectivity index (χ0) is 23.8. The van der Waals surface area contributed by atoms with E-state index in [0.717, 1.165) is 5.76 Å². The summed E-state index contributed by atoms with van der Waals surface area (Å²) >= 11 is 0. The number of furan rings is 1. The van der Waals surface area contributed by atoms with Crippen molar-refractivity contribution in [3.63, 3.8) is 0 Å². The van der Waals surface area contributed by atoms with Crippen LogP contribution in [0.3, 0.4) is 0 Å². The summed E-state index contributed by atoms with van der Waals surface area (Å²) in [6, 6.07) is 16.4. The number of nitro benzene ring substituents is 1. The maximum atomic E-state index is 13.7. The number of hydrogen-bond acceptors (Lipinski definition) is 6. The number of ketones is 1. The highest BCUT2D eigenvalue weighted by atomic mass is 16.6. The van der Waals surface area contributed by atoms with Crippen molar-refractivity contribution in [3.8, 4) is 0 Å². The summed E-state index contributed by atoms with van der Waals surface area (Å²) < 4.78 is 5.59. The van der Waals surface area contributed by atoms with Crippen LogP contribution in [0.5, 0.6) is 0 Å². The summed E-state index contributed by atoms with van der Waals surface area (Å²) in [5.74, 6) is 0.293. The molecule has 1 aliphatic heterocycles. The lowest BCUT2D eigenvalue weighted by molar-refractivity contribution is -0.384. The lowest BCUT2D eigenvalue weighted by Crippen LogP contribution is -2.38. The smallest absolute Gasteiger partial charge is 0.269 e. The quantitative estimate of drug-likeness (QED) is 0.410. The predicted molar refractivity (Wildman–Crippen MR) is 126 cm³/mol. The Morgan fingerprint density at radius 1 is 1.15 bits per heavy atom. The van der Waals surface area contributed by atoms with E-state index in [-0.39, 0.29) is 36.1 Å². The van der Waals surface area contributed by atoms with Gasteiger partial charge in [0.2, 0.25) is 5.91 Å². The number of Topliss-reactive ketones (excluding diaryl/α,β-unsaturated/α-hetero) is 1. The molecule has 172 valence electrons. The van der Waals surface area contributed by atoms with Gasteiger partial charge in [-0.25, -0.2) is 0 Å². The first-order valence-corrected chi connectivity index (χ1v) is 11.2. The highest BCUT2D eigenvalue weighted by Crippen LogP contribution is 2.47. The fourth-order valence-corrected chi connectivity index (χ4v) is 4.88. The van der Waals surface area contributed by atoms with Crippen molar-refractivity contribution >= 4 is 28.8 Å². The zero-order valence-corrected chi connectivity index (χ0v) is 18.6. The maximum absolute atomic E-state index is 13.7. The third kappa shape index (κ3) is 3.67. The molecule has 2 heterocycles. The number of anilines is 2. The number of nitrogens with zero attached hydrogens (tertiary/aromatic N) is 2. The highest BCUT2D eigenvalue weighted by molar-refractivity contribution is 6.06. The predicted octanol–water partition coefficient (Wildman–Crippen LogP) is 5.50. The average molecular weight is 457 g/mol. The minimum atomic E-state index is -0.788. The molecule has 5 rings (SSSR count). The van der Waals surface area contributed by atoms with Gasteiger partial charge in [0.25, 0.3) is 5.69 Å². The van der Waals surface area contributed by atoms with E-state index < -0.39 is 11.0 Å². The minimum absolute atomic E-state index is 0.0919. The Morgan fingerprint density at radius 3 is 2.71 bits per heavy atom. The largest absolute Gasteiger partial charge is 0.469 e. The summed E-state index contributed by atoms with van der Waals surface area (Å²) in [6.07, 6.45) is 2.55. The Bertz CT molecular complexity index is 1310. The molecular formula is C26H23N3O5. The van der Waals surface area contributed by atoms with Gasteiger partial charge >= 0.3 is 0 Å². The van der Waals surface area contributed by atoms with Crippen molar-refractivity contribution in [2.24, 2.45) is 0 Å². The number of benzene rings is 2. The Kier molecular flexibility index (Phi) is 5.49. The number of non-ortho nitro benzene ring substituents is 1. The molecule has 2 aliphatic rings. The molecule has 1 aromatic heterocycles. The lowest BCUT2D eigenvalue weighted by atomic mass is 9.80. The third-order valence-corrected chi connectivity index (χ3v) is 6.40. The average Bonchev–Trinajstić information content (AvgIpc) is 3.33. The van der Waals surface area contributed by atoms with Gasteiger partial charge in [0.1, 0.15) is 5.76 Å². The van der Waals surface area contributed by atoms with E-state index in [1.807, 2.05) is 30.3 Å². The van der Waals surface area contributed by atoms with Gasteiger partial charge in [-0.3, -0.25) is 24.6 Å². The number of amides is 1. The van der Waals surface area contributed by atoms with Crippen LogP contribution in [0.15, 0.2) is 82.6 Å². The van der Waals surface area contributed by atoms with Crippen LogP contribution in [0.4, 0.5) is 17.1 Å². The second-order valence-corrected chi connectivity index (χ2v) is 8.45. The van der Waals surface area contributed by atoms with E-state index in [4.69, 9.17) is 4.42 Å². The minimum Gasteiger partial charge on any atom is -0.469 e. The summed E-state index contributed by atoms with van der Waals surface area (Å²) in [7, 11) is 0. The normalized spacial score (nSPS) is 19.7. The number of hydrogen-bond donors (Lipinski definition) is 1. The molecule has 0 saturated heterocycles. The van der Waals surface area contributed by atoms with Crippen LogP contribution in [-0.2, 0) is 9.59 Å². The SMILES string of the molecule is CCC(=O)N1c2ccccc2NC2=C(C(=O)C[C@H](c3ccco3)C2)[C@@H]1c1cccc([N+](=O)[O-])c1. The first kappa shape index (κ1) is 21.6. The van der Waals surface area contributed by atoms with Crippen LogP contribution >= 0.6 is 0 Å². The van der Waals surface area contributed by atoms with Crippen molar-refractivity contribution in [3.05, 3.63) is 99.6 Å². The third-order valence-electron chi connectivity index (χ3n) is 6.40. The summed E-state index contributed by atoms with van der Waals surface area (Å²) in [4.78, 5) is 39.7. The van der Waals surface area contributed by atoms with Crippen LogP contribution in [0, 0.1) is 10.1 Å². The van der Waals surface area contributed by atoms with Crippen molar-refractivity contribution in [1.29, 1.82) is 0 Å². The molecular weight excluding hydrogens is 434 g/mol. The molecule has 0 fully saturated rings. The molecule has 1 amide bonds. The van der Waals surface area contributed by atoms with Gasteiger partial charge in [-0.15, -0.1) is 0 Å². The van der Waals surface area contributed by atoms with Gasteiger partial charge in [-0.1, -0.05) is 31.2 Å². The first-order valence-electron chi connectivity index (χ1n) is 11.2. The zero-order valence-electron chi connectivity index (χ0n) is 18.6. The molecule has 0 spiro atoms. The van der Waals surface area contributed by atoms with E-state index in [1.54, 1.807) is 36.3 Å². The Hall–Kier alpha value is -4.20. The Labute approximate surface area is 196 Å². The van der Waals surface area contributed by atoms with Gasteiger partial charge in [-0.05, 0) is 36.2 Å². The second kappa shape index (κ2) is 8.62. The van der Waals surface area contributed by atoms with Gasteiger partial charge < -0.3 is 9.73 Å². The number of para-hydroxylation sites is 2. The summed E-state index contributed by atoms with van der Waals surface area (Å²) in [5.41, 5.74) is 2.92. The van der Waals surface area contributed by atoms with Crippen LogP contribution in [0.1, 0.15) is 49.5 Å². The standard InChI is InChI=1S/C26H23N3O5/c1-2-24(31)28-21-10-4-3-9-19(21)27-20-14-17(23-11-6-12-34-23)15-22(30)25(20)26(28)16-7-5-8-18(13-16)29(32)33/h3-13,17,26-27H,2,14-15H2,1H3/t17-,26+/m1/s1. The summed E-state index contributed by atoms with van der Waals surface area (Å²) in [6.45, 7) is 1.76. The van der Waals surface area contributed by atoms with E-state index in [0.29, 0.717) is 34.6 Å². The molecule has 0 bridgehead atoms. The van der Waals surface area contributed by atoms with Gasteiger partial charge in [-0.2, -0.15) is 0 Å². The molecule has 8 heteroatoms. The number of nitrogens with one attached hydrogen (secondary N) is 1. The maximum Gasteiger partial charge on any atom is 0.269 e. The van der Waals surface area contributed by atoms with Crippen LogP contribution in [-0.4, -0.2) is 16.6 Å². The molecule has 3 aromatic rings. The molecule has 34 heavy (non-hydrogen) atoms. The molecule has 0 radical (unpaired) electrons. The van der Waals surface area contributed by atoms with E-state index in [2.05, 4.69) is 5.32 Å². The second-order valence-electron chi connectivity index (χ2n) is 8.45. The van der Waals surface area contributed by atoms with Crippen molar-refractivity contribution in [1.82, 2.24) is 0 Å². The molecule has 8 nitrogen and oxygen atoms in total. The Balaban J connectivity index is 1.74. The van der Waals surface area contributed by atoms with E-state index >= 15 is 0 Å². The summed E-state index contributed by atoms with van der Waals surface area (Å²) in [5, 5.41) is 14.9. The van der Waals surface area contributed by atoms with Crippen LogP contribution in [0.25, 0.3) is 0 Å². The molecule has 2 aromatic carbocycles. The van der Waals surface area contributed by atoms with E-state index in [1.165, 1.54) is 12.1 Å². The highest BCUT2D eigenvalue weighted by Gasteiger charge is 2.42. The van der Waals surface area contributed by atoms with Gasteiger partial charge in [0.05, 0.1) is 28.6 Å². The number of carbonyl (C=O) groups excluding carboxylic acids is 2. The molecule has 0 saturated carbocycles. The van der Waals surface area contributed by atoms with Gasteiger partial charge in [0.15, 0.2) is 5.78 Å². The Morgan fingerprint density at radius 2 is 1.97 bits per heavy atom. The molecule has 0 unspecified atom stereocenters. The van der Waals surface area contributed by atoms with Crippen LogP contribution in [0.2, 0.25) is 0 Å².